The van der Waals surface area contributed by atoms with Crippen molar-refractivity contribution < 1.29 is 14.3 Å². The minimum Gasteiger partial charge on any atom is -0.492 e. The first kappa shape index (κ1) is 24.5. The molecule has 8 heteroatoms. The number of hydrogen-bond donors (Lipinski definition) is 3. The fraction of sp³-hybridized carbons (Fsp3) is 0.333. The van der Waals surface area contributed by atoms with Gasteiger partial charge in [0.15, 0.2) is 12.6 Å². The summed E-state index contributed by atoms with van der Waals surface area (Å²) in [6, 6.07) is 17.3. The molecule has 0 aliphatic rings. The highest BCUT2D eigenvalue weighted by atomic mass is 127. The molecule has 0 radical (unpaired) electrons. The minimum absolute atomic E-state index is 0. The zero-order valence-electron chi connectivity index (χ0n) is 16.6. The Hall–Kier alpha value is -2.49. The van der Waals surface area contributed by atoms with Gasteiger partial charge in [-0.2, -0.15) is 0 Å². The molecular weight excluding hydrogens is 483 g/mol. The molecule has 0 heterocycles. The van der Waals surface area contributed by atoms with E-state index >= 15 is 0 Å². The second-order valence-corrected chi connectivity index (χ2v) is 6.00. The zero-order chi connectivity index (χ0) is 20.0. The quantitative estimate of drug-likeness (QED) is 0.186. The number of guanidine groups is 1. The maximum absolute atomic E-state index is 10.7. The molecule has 158 valence electrons. The molecule has 4 N–H and O–H groups in total. The Bertz CT molecular complexity index is 739. The molecule has 0 aromatic heterocycles. The highest BCUT2D eigenvalue weighted by molar-refractivity contribution is 14.0. The summed E-state index contributed by atoms with van der Waals surface area (Å²) in [4.78, 5) is 15.3. The molecule has 0 atom stereocenters. The number of halogens is 1. The number of primary amides is 1. The number of carbonyl (C=O) groups is 1. The number of carbonyl (C=O) groups excluding carboxylic acids is 1. The third kappa shape index (κ3) is 10.6. The molecule has 0 aliphatic heterocycles. The minimum atomic E-state index is -0.490. The van der Waals surface area contributed by atoms with Crippen LogP contribution < -0.4 is 25.8 Å². The molecule has 2 aromatic carbocycles. The van der Waals surface area contributed by atoms with Crippen LogP contribution in [0.5, 0.6) is 11.5 Å². The van der Waals surface area contributed by atoms with E-state index in [4.69, 9.17) is 15.2 Å². The molecule has 0 saturated heterocycles. The van der Waals surface area contributed by atoms with Gasteiger partial charge in [-0.1, -0.05) is 30.3 Å². The zero-order valence-corrected chi connectivity index (χ0v) is 18.9. The van der Waals surface area contributed by atoms with Crippen LogP contribution in [-0.2, 0) is 11.2 Å². The van der Waals surface area contributed by atoms with Crippen molar-refractivity contribution >= 4 is 35.8 Å². The molecule has 0 bridgehead atoms. The summed E-state index contributed by atoms with van der Waals surface area (Å²) in [6.45, 7) is 4.57. The van der Waals surface area contributed by atoms with E-state index < -0.39 is 5.91 Å². The predicted molar refractivity (Wildman–Crippen MR) is 126 cm³/mol. The van der Waals surface area contributed by atoms with Gasteiger partial charge in [0.2, 0.25) is 0 Å². The van der Waals surface area contributed by atoms with Gasteiger partial charge in [-0.25, -0.2) is 0 Å². The summed E-state index contributed by atoms with van der Waals surface area (Å²) >= 11 is 0. The van der Waals surface area contributed by atoms with E-state index in [9.17, 15) is 4.79 Å². The van der Waals surface area contributed by atoms with Crippen LogP contribution in [0.3, 0.4) is 0 Å². The Labute approximate surface area is 189 Å². The number of para-hydroxylation sites is 1. The van der Waals surface area contributed by atoms with Gasteiger partial charge in [-0.3, -0.25) is 9.79 Å². The topological polar surface area (TPSA) is 98.0 Å². The number of amides is 1. The maximum Gasteiger partial charge on any atom is 0.255 e. The van der Waals surface area contributed by atoms with Crippen LogP contribution >= 0.6 is 24.0 Å². The normalized spacial score (nSPS) is 10.6. The van der Waals surface area contributed by atoms with E-state index in [0.29, 0.717) is 25.4 Å². The van der Waals surface area contributed by atoms with Crippen molar-refractivity contribution in [2.75, 3.05) is 32.8 Å². The van der Waals surface area contributed by atoms with Crippen LogP contribution in [0.25, 0.3) is 0 Å². The van der Waals surface area contributed by atoms with Crippen molar-refractivity contribution in [2.24, 2.45) is 10.7 Å². The van der Waals surface area contributed by atoms with Crippen LogP contribution in [0, 0.1) is 0 Å². The van der Waals surface area contributed by atoms with Gasteiger partial charge in [-0.15, -0.1) is 24.0 Å². The van der Waals surface area contributed by atoms with Gasteiger partial charge >= 0.3 is 0 Å². The average Bonchev–Trinajstić information content (AvgIpc) is 2.71. The molecule has 2 aromatic rings. The summed E-state index contributed by atoms with van der Waals surface area (Å²) in [7, 11) is 0. The van der Waals surface area contributed by atoms with Gasteiger partial charge in [0, 0.05) is 13.1 Å². The molecule has 0 spiro atoms. The maximum atomic E-state index is 10.7. The Morgan fingerprint density at radius 2 is 1.69 bits per heavy atom. The monoisotopic (exact) mass is 512 g/mol. The van der Waals surface area contributed by atoms with Crippen LogP contribution in [0.2, 0.25) is 0 Å². The Morgan fingerprint density at radius 1 is 1.00 bits per heavy atom. The third-order valence-corrected chi connectivity index (χ3v) is 3.73. The second kappa shape index (κ2) is 14.5. The van der Waals surface area contributed by atoms with E-state index in [0.717, 1.165) is 30.2 Å². The van der Waals surface area contributed by atoms with Crippen LogP contribution in [0.4, 0.5) is 0 Å². The van der Waals surface area contributed by atoms with E-state index in [-0.39, 0.29) is 30.6 Å². The summed E-state index contributed by atoms with van der Waals surface area (Å²) < 4.78 is 10.9. The fourth-order valence-electron chi connectivity index (χ4n) is 2.40. The Balaban J connectivity index is 0.00000420. The number of benzene rings is 2. The van der Waals surface area contributed by atoms with Crippen molar-refractivity contribution in [1.82, 2.24) is 10.6 Å². The Morgan fingerprint density at radius 3 is 2.34 bits per heavy atom. The molecule has 2 rings (SSSR count). The number of hydrogen-bond acceptors (Lipinski definition) is 4. The van der Waals surface area contributed by atoms with Crippen molar-refractivity contribution in [2.45, 2.75) is 13.3 Å². The van der Waals surface area contributed by atoms with Crippen molar-refractivity contribution in [3.05, 3.63) is 60.2 Å². The summed E-state index contributed by atoms with van der Waals surface area (Å²) in [5.74, 6) is 1.76. The van der Waals surface area contributed by atoms with E-state index in [1.165, 1.54) is 0 Å². The number of rotatable bonds is 11. The van der Waals surface area contributed by atoms with Crippen molar-refractivity contribution in [1.29, 1.82) is 0 Å². The molecule has 7 nitrogen and oxygen atoms in total. The molecular formula is C21H29IN4O3. The molecule has 0 saturated carbocycles. The standard InChI is InChI=1S/C21H28N4O3.HI/c1-2-23-21(25-14-15-27-18-6-4-3-5-7-18)24-13-12-17-8-10-19(11-9-17)28-16-20(22)26;/h3-11H,2,12-16H2,1H3,(H2,22,26)(H2,23,24,25);1H. The second-order valence-electron chi connectivity index (χ2n) is 6.00. The first-order valence-corrected chi connectivity index (χ1v) is 9.37. The van der Waals surface area contributed by atoms with E-state index in [2.05, 4.69) is 15.6 Å². The van der Waals surface area contributed by atoms with E-state index in [1.54, 1.807) is 0 Å². The lowest BCUT2D eigenvalue weighted by Gasteiger charge is -2.12. The lowest BCUT2D eigenvalue weighted by Crippen LogP contribution is -2.39. The third-order valence-electron chi connectivity index (χ3n) is 3.73. The first-order valence-electron chi connectivity index (χ1n) is 9.37. The fourth-order valence-corrected chi connectivity index (χ4v) is 2.40. The molecule has 0 unspecified atom stereocenters. The van der Waals surface area contributed by atoms with Crippen LogP contribution in [0.1, 0.15) is 12.5 Å². The Kier molecular flexibility index (Phi) is 12.3. The number of nitrogens with zero attached hydrogens (tertiary/aromatic N) is 1. The highest BCUT2D eigenvalue weighted by Crippen LogP contribution is 2.12. The van der Waals surface area contributed by atoms with Gasteiger partial charge in [0.05, 0.1) is 6.54 Å². The number of nitrogens with one attached hydrogen (secondary N) is 2. The first-order chi connectivity index (χ1) is 13.7. The van der Waals surface area contributed by atoms with Crippen LogP contribution in [0.15, 0.2) is 59.6 Å². The van der Waals surface area contributed by atoms with Gasteiger partial charge in [-0.05, 0) is 43.2 Å². The summed E-state index contributed by atoms with van der Waals surface area (Å²) in [6.07, 6.45) is 0.799. The van der Waals surface area contributed by atoms with Gasteiger partial charge in [0.25, 0.3) is 5.91 Å². The predicted octanol–water partition coefficient (Wildman–Crippen LogP) is 2.35. The lowest BCUT2D eigenvalue weighted by atomic mass is 10.1. The number of ether oxygens (including phenoxy) is 2. The van der Waals surface area contributed by atoms with Crippen molar-refractivity contribution in [3.8, 4) is 11.5 Å². The number of aliphatic imine (C=N–C) groups is 1. The smallest absolute Gasteiger partial charge is 0.255 e. The summed E-state index contributed by atoms with van der Waals surface area (Å²) in [5.41, 5.74) is 6.20. The highest BCUT2D eigenvalue weighted by Gasteiger charge is 2.00. The average molecular weight is 512 g/mol. The van der Waals surface area contributed by atoms with Crippen molar-refractivity contribution in [3.63, 3.8) is 0 Å². The largest absolute Gasteiger partial charge is 0.492 e. The van der Waals surface area contributed by atoms with Crippen LogP contribution in [-0.4, -0.2) is 44.7 Å². The SMILES string of the molecule is CCNC(=NCCc1ccc(OCC(N)=O)cc1)NCCOc1ccccc1.I. The summed E-state index contributed by atoms with van der Waals surface area (Å²) in [5, 5.41) is 6.49. The number of nitrogens with two attached hydrogens (primary N) is 1. The van der Waals surface area contributed by atoms with Gasteiger partial charge < -0.3 is 25.8 Å². The molecule has 0 aliphatic carbocycles. The van der Waals surface area contributed by atoms with E-state index in [1.807, 2.05) is 61.5 Å². The molecule has 0 fully saturated rings. The lowest BCUT2D eigenvalue weighted by molar-refractivity contribution is -0.119. The molecule has 1 amide bonds. The van der Waals surface area contributed by atoms with Gasteiger partial charge in [0.1, 0.15) is 18.1 Å². The molecule has 29 heavy (non-hydrogen) atoms.